The van der Waals surface area contributed by atoms with Crippen LogP contribution in [0.2, 0.25) is 0 Å². The molecule has 0 N–H and O–H groups in total. The molecule has 0 spiro atoms. The van der Waals surface area contributed by atoms with Crippen LogP contribution < -0.4 is 0 Å². The van der Waals surface area contributed by atoms with Gasteiger partial charge < -0.3 is 9.42 Å². The second-order valence-electron chi connectivity index (χ2n) is 2.07. The van der Waals surface area contributed by atoms with E-state index in [0.29, 0.717) is 5.82 Å². The van der Waals surface area contributed by atoms with E-state index < -0.39 is 0 Å². The maximum absolute atomic E-state index is 4.56. The molecule has 10 heavy (non-hydrogen) atoms. The van der Waals surface area contributed by atoms with Crippen molar-refractivity contribution in [2.24, 2.45) is 4.99 Å². The second kappa shape index (κ2) is 3.00. The quantitative estimate of drug-likeness (QED) is 0.451. The van der Waals surface area contributed by atoms with Gasteiger partial charge in [0.2, 0.25) is 0 Å². The Hall–Kier alpha value is -1.32. The summed E-state index contributed by atoms with van der Waals surface area (Å²) in [6, 6.07) is 1.69. The Balaban J connectivity index is 2.55. The normalized spacial score (nSPS) is 10.6. The Morgan fingerprint density at radius 2 is 2.50 bits per heavy atom. The van der Waals surface area contributed by atoms with Gasteiger partial charge >= 0.3 is 0 Å². The number of aliphatic imine (C=N–C) groups is 1. The highest BCUT2D eigenvalue weighted by atomic mass is 16.5. The van der Waals surface area contributed by atoms with Crippen molar-refractivity contribution in [3.05, 3.63) is 12.3 Å². The Morgan fingerprint density at radius 1 is 1.70 bits per heavy atom. The van der Waals surface area contributed by atoms with E-state index in [0.717, 1.165) is 0 Å². The molecule has 0 radical (unpaired) electrons. The minimum atomic E-state index is 0.591. The van der Waals surface area contributed by atoms with Crippen LogP contribution in [-0.4, -0.2) is 30.5 Å². The molecule has 0 unspecified atom stereocenters. The Morgan fingerprint density at radius 3 is 3.00 bits per heavy atom. The van der Waals surface area contributed by atoms with Crippen LogP contribution in [0.1, 0.15) is 0 Å². The lowest BCUT2D eigenvalue weighted by Gasteiger charge is -1.99. The van der Waals surface area contributed by atoms with Crippen molar-refractivity contribution < 1.29 is 4.52 Å². The second-order valence-corrected chi connectivity index (χ2v) is 2.07. The van der Waals surface area contributed by atoms with Crippen LogP contribution in [0.4, 0.5) is 5.82 Å². The van der Waals surface area contributed by atoms with Crippen LogP contribution in [0.15, 0.2) is 21.8 Å². The minimum absolute atomic E-state index is 0.591. The van der Waals surface area contributed by atoms with E-state index >= 15 is 0 Å². The number of hydrogen-bond donors (Lipinski definition) is 0. The summed E-state index contributed by atoms with van der Waals surface area (Å²) >= 11 is 0. The molecular formula is C6H9N3O. The van der Waals surface area contributed by atoms with E-state index in [-0.39, 0.29) is 0 Å². The first-order valence-electron chi connectivity index (χ1n) is 2.90. The predicted octanol–water partition coefficient (Wildman–Crippen LogP) is 0.896. The molecule has 0 atom stereocenters. The molecule has 4 heteroatoms. The van der Waals surface area contributed by atoms with Crippen LogP contribution >= 0.6 is 0 Å². The third-order valence-corrected chi connectivity index (χ3v) is 0.845. The molecule has 1 heterocycles. The molecule has 1 aromatic rings. The molecule has 0 saturated heterocycles. The lowest BCUT2D eigenvalue weighted by molar-refractivity contribution is 0.422. The average molecular weight is 139 g/mol. The van der Waals surface area contributed by atoms with Gasteiger partial charge in [-0.3, -0.25) is 0 Å². The largest absolute Gasteiger partial charge is 0.369 e. The summed E-state index contributed by atoms with van der Waals surface area (Å²) in [5.41, 5.74) is 0. The van der Waals surface area contributed by atoms with Crippen LogP contribution in [0.3, 0.4) is 0 Å². The number of rotatable bonds is 2. The summed E-state index contributed by atoms with van der Waals surface area (Å²) in [6.07, 6.45) is 3.15. The zero-order chi connectivity index (χ0) is 7.40. The standard InChI is InChI=1S/C6H9N3O/c1-9(2)5-7-6-3-4-10-8-6/h3-5H,1-2H3. The topological polar surface area (TPSA) is 41.6 Å². The summed E-state index contributed by atoms with van der Waals surface area (Å²) in [4.78, 5) is 5.79. The fourth-order valence-electron chi connectivity index (χ4n) is 0.447. The van der Waals surface area contributed by atoms with Gasteiger partial charge in [-0.05, 0) is 0 Å². The Bertz CT molecular complexity index is 203. The highest BCUT2D eigenvalue weighted by Gasteiger charge is 1.87. The zero-order valence-electron chi connectivity index (χ0n) is 5.98. The molecule has 0 amide bonds. The lowest BCUT2D eigenvalue weighted by atomic mass is 10.7. The maximum atomic E-state index is 4.56. The molecule has 0 bridgehead atoms. The van der Waals surface area contributed by atoms with E-state index in [4.69, 9.17) is 0 Å². The summed E-state index contributed by atoms with van der Waals surface area (Å²) in [5, 5.41) is 3.59. The van der Waals surface area contributed by atoms with E-state index in [9.17, 15) is 0 Å². The van der Waals surface area contributed by atoms with E-state index in [1.807, 2.05) is 19.0 Å². The predicted molar refractivity (Wildman–Crippen MR) is 38.3 cm³/mol. The molecule has 0 saturated carbocycles. The van der Waals surface area contributed by atoms with E-state index in [1.165, 1.54) is 6.26 Å². The van der Waals surface area contributed by atoms with Crippen LogP contribution in [0.5, 0.6) is 0 Å². The molecule has 4 nitrogen and oxygen atoms in total. The Labute approximate surface area is 59.1 Å². The summed E-state index contributed by atoms with van der Waals surface area (Å²) in [5.74, 6) is 0.591. The van der Waals surface area contributed by atoms with Crippen molar-refractivity contribution in [1.29, 1.82) is 0 Å². The molecule has 0 aliphatic carbocycles. The number of nitrogens with zero attached hydrogens (tertiary/aromatic N) is 3. The number of hydrogen-bond acceptors (Lipinski definition) is 3. The SMILES string of the molecule is CN(C)C=Nc1ccon1. The summed E-state index contributed by atoms with van der Waals surface area (Å²) < 4.78 is 4.56. The van der Waals surface area contributed by atoms with E-state index in [2.05, 4.69) is 14.7 Å². The first kappa shape index (κ1) is 6.80. The Kier molecular flexibility index (Phi) is 2.04. The molecule has 0 aromatic carbocycles. The molecule has 0 aliphatic heterocycles. The van der Waals surface area contributed by atoms with Gasteiger partial charge in [0, 0.05) is 20.2 Å². The molecule has 1 aromatic heterocycles. The molecule has 54 valence electrons. The molecule has 0 fully saturated rings. The van der Waals surface area contributed by atoms with E-state index in [1.54, 1.807) is 12.4 Å². The van der Waals surface area contributed by atoms with Crippen molar-refractivity contribution in [3.63, 3.8) is 0 Å². The fourth-order valence-corrected chi connectivity index (χ4v) is 0.447. The van der Waals surface area contributed by atoms with Crippen molar-refractivity contribution in [3.8, 4) is 0 Å². The fraction of sp³-hybridized carbons (Fsp3) is 0.333. The van der Waals surface area contributed by atoms with Crippen LogP contribution in [-0.2, 0) is 0 Å². The van der Waals surface area contributed by atoms with Gasteiger partial charge in [0.15, 0.2) is 5.82 Å². The monoisotopic (exact) mass is 139 g/mol. The van der Waals surface area contributed by atoms with Crippen molar-refractivity contribution >= 4 is 12.2 Å². The highest BCUT2D eigenvalue weighted by Crippen LogP contribution is 2.03. The molecule has 1 rings (SSSR count). The van der Waals surface area contributed by atoms with Gasteiger partial charge in [-0.2, -0.15) is 0 Å². The summed E-state index contributed by atoms with van der Waals surface area (Å²) in [6.45, 7) is 0. The highest BCUT2D eigenvalue weighted by molar-refractivity contribution is 5.58. The van der Waals surface area contributed by atoms with Gasteiger partial charge in [0.25, 0.3) is 0 Å². The third kappa shape index (κ3) is 1.89. The maximum Gasteiger partial charge on any atom is 0.196 e. The average Bonchev–Trinajstić information content (AvgIpc) is 2.34. The van der Waals surface area contributed by atoms with Crippen molar-refractivity contribution in [2.75, 3.05) is 14.1 Å². The van der Waals surface area contributed by atoms with Crippen LogP contribution in [0.25, 0.3) is 0 Å². The zero-order valence-corrected chi connectivity index (χ0v) is 5.98. The van der Waals surface area contributed by atoms with Gasteiger partial charge in [0.1, 0.15) is 6.26 Å². The van der Waals surface area contributed by atoms with Crippen molar-refractivity contribution in [2.45, 2.75) is 0 Å². The minimum Gasteiger partial charge on any atom is -0.369 e. The smallest absolute Gasteiger partial charge is 0.196 e. The van der Waals surface area contributed by atoms with Gasteiger partial charge in [0.05, 0.1) is 6.34 Å². The first-order valence-corrected chi connectivity index (χ1v) is 2.90. The first-order chi connectivity index (χ1) is 4.79. The van der Waals surface area contributed by atoms with Crippen LogP contribution in [0, 0.1) is 0 Å². The number of aromatic nitrogens is 1. The van der Waals surface area contributed by atoms with Gasteiger partial charge in [-0.25, -0.2) is 4.99 Å². The van der Waals surface area contributed by atoms with Gasteiger partial charge in [-0.1, -0.05) is 5.16 Å². The van der Waals surface area contributed by atoms with Crippen molar-refractivity contribution in [1.82, 2.24) is 10.1 Å². The summed E-state index contributed by atoms with van der Waals surface area (Å²) in [7, 11) is 3.78. The molecule has 0 aliphatic rings. The lowest BCUT2D eigenvalue weighted by Crippen LogP contribution is -2.06. The van der Waals surface area contributed by atoms with Gasteiger partial charge in [-0.15, -0.1) is 0 Å². The third-order valence-electron chi connectivity index (χ3n) is 0.845. The molecular weight excluding hydrogens is 130 g/mol.